The number of fused-ring (bicyclic) bond motifs is 1. The molecular formula is C22H28N6O4. The molecule has 0 saturated carbocycles. The van der Waals surface area contributed by atoms with Crippen molar-refractivity contribution >= 4 is 17.8 Å². The van der Waals surface area contributed by atoms with Gasteiger partial charge in [0.2, 0.25) is 5.91 Å². The zero-order valence-corrected chi connectivity index (χ0v) is 17.8. The number of H-pyrrole nitrogens is 1. The number of carbonyl (C=O) groups is 2. The zero-order chi connectivity index (χ0) is 22.7. The number of nitrogens with zero attached hydrogens (tertiary/aromatic N) is 3. The number of likely N-dealkylation sites (tertiary alicyclic amines) is 1. The lowest BCUT2D eigenvalue weighted by Gasteiger charge is -2.38. The molecule has 3 heterocycles. The van der Waals surface area contributed by atoms with Crippen LogP contribution in [0.1, 0.15) is 29.7 Å². The summed E-state index contributed by atoms with van der Waals surface area (Å²) in [4.78, 5) is 35.0. The van der Waals surface area contributed by atoms with Crippen LogP contribution < -0.4 is 10.5 Å². The summed E-state index contributed by atoms with van der Waals surface area (Å²) in [6, 6.07) is 5.76. The maximum absolute atomic E-state index is 12.5. The first kappa shape index (κ1) is 21.7. The van der Waals surface area contributed by atoms with Gasteiger partial charge < -0.3 is 30.4 Å². The van der Waals surface area contributed by atoms with Gasteiger partial charge in [0, 0.05) is 32.4 Å². The summed E-state index contributed by atoms with van der Waals surface area (Å²) in [6.07, 6.45) is 4.88. The van der Waals surface area contributed by atoms with Gasteiger partial charge >= 0.3 is 5.97 Å². The Kier molecular flexibility index (Phi) is 6.02. The molecule has 1 saturated heterocycles. The van der Waals surface area contributed by atoms with Crippen molar-refractivity contribution < 1.29 is 19.4 Å². The van der Waals surface area contributed by atoms with E-state index in [1.807, 2.05) is 18.2 Å². The van der Waals surface area contributed by atoms with E-state index < -0.39 is 11.4 Å². The molecule has 1 aromatic heterocycles. The molecule has 0 radical (unpaired) electrons. The number of hydrogen-bond acceptors (Lipinski definition) is 5. The third-order valence-electron chi connectivity index (χ3n) is 6.46. The van der Waals surface area contributed by atoms with Crippen LogP contribution in [0, 0.1) is 10.8 Å². The predicted molar refractivity (Wildman–Crippen MR) is 116 cm³/mol. The maximum Gasteiger partial charge on any atom is 0.313 e. The van der Waals surface area contributed by atoms with Crippen LogP contribution in [-0.2, 0) is 29.0 Å². The summed E-state index contributed by atoms with van der Waals surface area (Å²) < 4.78 is 5.95. The summed E-state index contributed by atoms with van der Waals surface area (Å²) in [5.41, 5.74) is 7.47. The lowest BCUT2D eigenvalue weighted by Crippen LogP contribution is -2.49. The van der Waals surface area contributed by atoms with Crippen molar-refractivity contribution in [3.05, 3.63) is 47.5 Å². The highest BCUT2D eigenvalue weighted by atomic mass is 16.5. The topological polar surface area (TPSA) is 149 Å². The zero-order valence-electron chi connectivity index (χ0n) is 17.8. The van der Waals surface area contributed by atoms with Gasteiger partial charge in [-0.25, -0.2) is 4.98 Å². The Morgan fingerprint density at radius 1 is 1.22 bits per heavy atom. The van der Waals surface area contributed by atoms with Gasteiger partial charge in [0.1, 0.15) is 17.8 Å². The van der Waals surface area contributed by atoms with Crippen LogP contribution in [0.4, 0.5) is 0 Å². The lowest BCUT2D eigenvalue weighted by atomic mass is 9.79. The predicted octanol–water partition coefficient (Wildman–Crippen LogP) is 0.976. The summed E-state index contributed by atoms with van der Waals surface area (Å²) in [6.45, 7) is 2.03. The van der Waals surface area contributed by atoms with Gasteiger partial charge in [-0.1, -0.05) is 6.07 Å². The van der Waals surface area contributed by atoms with E-state index >= 15 is 0 Å². The fourth-order valence-corrected chi connectivity index (χ4v) is 4.31. The van der Waals surface area contributed by atoms with Crippen molar-refractivity contribution in [3.63, 3.8) is 0 Å². The van der Waals surface area contributed by atoms with E-state index in [-0.39, 0.29) is 24.9 Å². The molecular weight excluding hydrogens is 412 g/mol. The Hall–Kier alpha value is -3.56. The molecule has 4 rings (SSSR count). The number of aliphatic carboxylic acids is 1. The fourth-order valence-electron chi connectivity index (χ4n) is 4.31. The van der Waals surface area contributed by atoms with E-state index in [1.54, 1.807) is 16.0 Å². The molecule has 0 bridgehead atoms. The monoisotopic (exact) mass is 440 g/mol. The molecule has 10 heteroatoms. The quantitative estimate of drug-likeness (QED) is 0.386. The molecule has 1 fully saturated rings. The van der Waals surface area contributed by atoms with E-state index in [0.717, 1.165) is 12.0 Å². The highest BCUT2D eigenvalue weighted by Gasteiger charge is 2.43. The second-order valence-electron chi connectivity index (χ2n) is 8.48. The average Bonchev–Trinajstić information content (AvgIpc) is 3.30. The van der Waals surface area contributed by atoms with Gasteiger partial charge in [0.25, 0.3) is 0 Å². The molecule has 0 spiro atoms. The third-order valence-corrected chi connectivity index (χ3v) is 6.46. The fraction of sp³-hybridized carbons (Fsp3) is 0.455. The van der Waals surface area contributed by atoms with Gasteiger partial charge in [-0.2, -0.15) is 0 Å². The first-order valence-electron chi connectivity index (χ1n) is 10.7. The molecule has 0 aliphatic carbocycles. The number of ether oxygens (including phenoxy) is 1. The summed E-state index contributed by atoms with van der Waals surface area (Å²) in [5, 5.41) is 17.6. The average molecular weight is 441 g/mol. The van der Waals surface area contributed by atoms with Gasteiger partial charge in [0.15, 0.2) is 5.96 Å². The molecule has 10 nitrogen and oxygen atoms in total. The Bertz CT molecular complexity index is 998. The first-order chi connectivity index (χ1) is 15.4. The number of rotatable bonds is 6. The van der Waals surface area contributed by atoms with Crippen LogP contribution in [0.25, 0.3) is 0 Å². The summed E-state index contributed by atoms with van der Waals surface area (Å²) in [7, 11) is 0. The number of amides is 1. The van der Waals surface area contributed by atoms with Crippen LogP contribution in [0.3, 0.4) is 0 Å². The normalized spacial score (nSPS) is 17.5. The number of carbonyl (C=O) groups excluding carboxylic acids is 1. The Balaban J connectivity index is 1.37. The SMILES string of the molecule is N=C(N)N1CCc2ccc(OCC3(C(=O)O)CCN(C(=O)Cc4c[nH]cn4)CC3)cc2C1. The van der Waals surface area contributed by atoms with Crippen molar-refractivity contribution in [2.45, 2.75) is 32.2 Å². The van der Waals surface area contributed by atoms with Gasteiger partial charge in [-0.05, 0) is 42.5 Å². The van der Waals surface area contributed by atoms with Crippen molar-refractivity contribution in [1.29, 1.82) is 5.41 Å². The number of carboxylic acids is 1. The highest BCUT2D eigenvalue weighted by molar-refractivity contribution is 5.79. The number of guanidine groups is 1. The molecule has 5 N–H and O–H groups in total. The van der Waals surface area contributed by atoms with Crippen LogP contribution in [0.5, 0.6) is 5.75 Å². The standard InChI is InChI=1S/C22H28N6O4/c23-21(24)28-6-3-15-1-2-18(9-16(15)12-28)32-13-22(20(30)31)4-7-27(8-5-22)19(29)10-17-11-25-14-26-17/h1-2,9,11,14H,3-8,10,12-13H2,(H3,23,24)(H,25,26)(H,30,31). The summed E-state index contributed by atoms with van der Waals surface area (Å²) >= 11 is 0. The highest BCUT2D eigenvalue weighted by Crippen LogP contribution is 2.34. The van der Waals surface area contributed by atoms with E-state index in [1.165, 1.54) is 11.9 Å². The minimum absolute atomic E-state index is 0.0406. The number of benzene rings is 1. The molecule has 2 aliphatic rings. The van der Waals surface area contributed by atoms with Crippen molar-refractivity contribution in [2.24, 2.45) is 11.1 Å². The minimum atomic E-state index is -1.04. The van der Waals surface area contributed by atoms with Gasteiger partial charge in [0.05, 0.1) is 18.4 Å². The number of hydrogen-bond donors (Lipinski definition) is 4. The second-order valence-corrected chi connectivity index (χ2v) is 8.48. The smallest absolute Gasteiger partial charge is 0.313 e. The number of aromatic nitrogens is 2. The number of nitrogens with one attached hydrogen (secondary N) is 2. The van der Waals surface area contributed by atoms with Crippen LogP contribution in [-0.4, -0.2) is 69.0 Å². The van der Waals surface area contributed by atoms with E-state index in [2.05, 4.69) is 9.97 Å². The molecule has 0 unspecified atom stereocenters. The third kappa shape index (κ3) is 4.53. The molecule has 1 aromatic carbocycles. The number of imidazole rings is 1. The molecule has 2 aliphatic heterocycles. The van der Waals surface area contributed by atoms with Crippen molar-refractivity contribution in [2.75, 3.05) is 26.2 Å². The van der Waals surface area contributed by atoms with E-state index in [0.29, 0.717) is 50.5 Å². The lowest BCUT2D eigenvalue weighted by molar-refractivity contribution is -0.156. The van der Waals surface area contributed by atoms with Crippen molar-refractivity contribution in [1.82, 2.24) is 19.8 Å². The van der Waals surface area contributed by atoms with Crippen LogP contribution in [0.2, 0.25) is 0 Å². The van der Waals surface area contributed by atoms with E-state index in [9.17, 15) is 14.7 Å². The number of nitrogens with two attached hydrogens (primary N) is 1. The second kappa shape index (κ2) is 8.89. The van der Waals surface area contributed by atoms with Crippen LogP contribution >= 0.6 is 0 Å². The summed E-state index contributed by atoms with van der Waals surface area (Å²) in [5.74, 6) is -0.313. The van der Waals surface area contributed by atoms with Gasteiger partial charge in [-0.3, -0.25) is 15.0 Å². The number of aromatic amines is 1. The molecule has 32 heavy (non-hydrogen) atoms. The van der Waals surface area contributed by atoms with E-state index in [4.69, 9.17) is 15.9 Å². The molecule has 0 atom stereocenters. The largest absolute Gasteiger partial charge is 0.492 e. The maximum atomic E-state index is 12.5. The molecule has 1 amide bonds. The number of carboxylic acid groups (broad SMARTS) is 1. The molecule has 170 valence electrons. The Morgan fingerprint density at radius 2 is 2.00 bits per heavy atom. The Labute approximate surface area is 185 Å². The Morgan fingerprint density at radius 3 is 2.66 bits per heavy atom. The van der Waals surface area contributed by atoms with Crippen molar-refractivity contribution in [3.8, 4) is 5.75 Å². The molecule has 2 aromatic rings. The van der Waals surface area contributed by atoms with Crippen LogP contribution in [0.15, 0.2) is 30.7 Å². The number of piperidine rings is 1. The first-order valence-corrected chi connectivity index (χ1v) is 10.7. The minimum Gasteiger partial charge on any atom is -0.492 e. The van der Waals surface area contributed by atoms with Gasteiger partial charge in [-0.15, -0.1) is 0 Å².